The van der Waals surface area contributed by atoms with Gasteiger partial charge in [0.1, 0.15) is 6.54 Å². The van der Waals surface area contributed by atoms with Crippen molar-refractivity contribution in [3.63, 3.8) is 0 Å². The van der Waals surface area contributed by atoms with Crippen LogP contribution in [0.25, 0.3) is 0 Å². The summed E-state index contributed by atoms with van der Waals surface area (Å²) in [5, 5.41) is 8.35. The summed E-state index contributed by atoms with van der Waals surface area (Å²) in [6, 6.07) is 0. The monoisotopic (exact) mass is 183 g/mol. The Kier molecular flexibility index (Phi) is 4.51. The average molecular weight is 183 g/mol. The molecule has 4 nitrogen and oxygen atoms in total. The van der Waals surface area contributed by atoms with Crippen molar-refractivity contribution >= 4 is 11.9 Å². The van der Waals surface area contributed by atoms with Crippen molar-refractivity contribution < 1.29 is 14.7 Å². The Balaban J connectivity index is 0.000000671. The lowest BCUT2D eigenvalue weighted by atomic mass is 10.4. The van der Waals surface area contributed by atoms with Crippen molar-refractivity contribution in [2.24, 2.45) is 0 Å². The first-order chi connectivity index (χ1) is 6.11. The number of allylic oxidation sites excluding steroid dienone is 1. The Morgan fingerprint density at radius 2 is 2.08 bits per heavy atom. The van der Waals surface area contributed by atoms with E-state index in [0.29, 0.717) is 5.70 Å². The Labute approximate surface area is 77.2 Å². The van der Waals surface area contributed by atoms with Crippen molar-refractivity contribution in [3.8, 4) is 0 Å². The molecule has 1 amide bonds. The molecule has 0 aromatic carbocycles. The van der Waals surface area contributed by atoms with Gasteiger partial charge in [0.2, 0.25) is 0 Å². The molecule has 13 heavy (non-hydrogen) atoms. The van der Waals surface area contributed by atoms with Gasteiger partial charge in [0, 0.05) is 11.8 Å². The molecule has 0 atom stereocenters. The molecular weight excluding hydrogens is 170 g/mol. The van der Waals surface area contributed by atoms with E-state index in [2.05, 4.69) is 6.58 Å². The van der Waals surface area contributed by atoms with Crippen LogP contribution in [0.1, 0.15) is 13.8 Å². The van der Waals surface area contributed by atoms with Gasteiger partial charge in [0.15, 0.2) is 0 Å². The van der Waals surface area contributed by atoms with Gasteiger partial charge in [-0.3, -0.25) is 14.5 Å². The summed E-state index contributed by atoms with van der Waals surface area (Å²) in [7, 11) is 0. The van der Waals surface area contributed by atoms with E-state index in [4.69, 9.17) is 5.11 Å². The van der Waals surface area contributed by atoms with Gasteiger partial charge in [-0.2, -0.15) is 0 Å². The third-order valence-corrected chi connectivity index (χ3v) is 1.32. The molecule has 0 aromatic heterocycles. The van der Waals surface area contributed by atoms with Gasteiger partial charge in [-0.1, -0.05) is 20.4 Å². The fraction of sp³-hybridized carbons (Fsp3) is 0.333. The standard InChI is InChI=1S/C7H7NO3.C2H6/c1-5-2-3-6(9)8(5)4-7(10)11;1-2/h2-3H,1,4H2,(H,10,11);1-2H3. The van der Waals surface area contributed by atoms with Crippen LogP contribution in [0.15, 0.2) is 24.4 Å². The second-order valence-electron chi connectivity index (χ2n) is 2.14. The summed E-state index contributed by atoms with van der Waals surface area (Å²) in [5.41, 5.74) is 0.428. The summed E-state index contributed by atoms with van der Waals surface area (Å²) in [4.78, 5) is 22.1. The fourth-order valence-corrected chi connectivity index (χ4v) is 0.804. The quantitative estimate of drug-likeness (QED) is 0.695. The molecule has 0 aromatic rings. The first-order valence-corrected chi connectivity index (χ1v) is 4.01. The lowest BCUT2D eigenvalue weighted by Gasteiger charge is -2.13. The second-order valence-corrected chi connectivity index (χ2v) is 2.14. The molecule has 1 rings (SSSR count). The van der Waals surface area contributed by atoms with E-state index in [9.17, 15) is 9.59 Å². The zero-order valence-electron chi connectivity index (χ0n) is 7.78. The van der Waals surface area contributed by atoms with Gasteiger partial charge < -0.3 is 5.11 Å². The topological polar surface area (TPSA) is 57.6 Å². The smallest absolute Gasteiger partial charge is 0.323 e. The molecule has 0 spiro atoms. The third kappa shape index (κ3) is 3.11. The van der Waals surface area contributed by atoms with Crippen molar-refractivity contribution in [1.82, 2.24) is 4.90 Å². The van der Waals surface area contributed by atoms with E-state index >= 15 is 0 Å². The molecule has 0 saturated carbocycles. The summed E-state index contributed by atoms with van der Waals surface area (Å²) in [5.74, 6) is -1.36. The number of amides is 1. The molecule has 0 saturated heterocycles. The number of hydrogen-bond acceptors (Lipinski definition) is 2. The molecule has 0 fully saturated rings. The Hall–Kier alpha value is -1.58. The minimum Gasteiger partial charge on any atom is -0.480 e. The number of rotatable bonds is 2. The molecule has 0 unspecified atom stereocenters. The minimum absolute atomic E-state index is 0.315. The molecular formula is C9H13NO3. The summed E-state index contributed by atoms with van der Waals surface area (Å²) >= 11 is 0. The summed E-state index contributed by atoms with van der Waals surface area (Å²) in [6.45, 7) is 7.18. The predicted octanol–water partition coefficient (Wildman–Crippen LogP) is 1.01. The highest BCUT2D eigenvalue weighted by Gasteiger charge is 2.20. The number of hydrogen-bond donors (Lipinski definition) is 1. The van der Waals surface area contributed by atoms with E-state index < -0.39 is 5.97 Å². The zero-order valence-corrected chi connectivity index (χ0v) is 7.78. The number of carbonyl (C=O) groups is 2. The highest BCUT2D eigenvalue weighted by Crippen LogP contribution is 2.11. The van der Waals surface area contributed by atoms with Crippen LogP contribution in [0.4, 0.5) is 0 Å². The molecule has 1 aliphatic rings. The molecule has 0 radical (unpaired) electrons. The maximum atomic E-state index is 10.8. The van der Waals surface area contributed by atoms with Crippen molar-refractivity contribution in [2.45, 2.75) is 13.8 Å². The SMILES string of the molecule is C=C1C=CC(=O)N1CC(=O)O.CC. The van der Waals surface area contributed by atoms with E-state index in [-0.39, 0.29) is 12.5 Å². The second kappa shape index (κ2) is 5.13. The van der Waals surface area contributed by atoms with Crippen LogP contribution in [-0.4, -0.2) is 28.4 Å². The summed E-state index contributed by atoms with van der Waals surface area (Å²) in [6.07, 6.45) is 2.79. The van der Waals surface area contributed by atoms with Crippen molar-refractivity contribution in [1.29, 1.82) is 0 Å². The highest BCUT2D eigenvalue weighted by molar-refractivity contribution is 5.95. The Bertz CT molecular complexity index is 238. The third-order valence-electron chi connectivity index (χ3n) is 1.32. The van der Waals surface area contributed by atoms with Crippen LogP contribution >= 0.6 is 0 Å². The molecule has 72 valence electrons. The fourth-order valence-electron chi connectivity index (χ4n) is 0.804. The summed E-state index contributed by atoms with van der Waals surface area (Å²) < 4.78 is 0. The zero-order chi connectivity index (χ0) is 10.4. The molecule has 1 aliphatic heterocycles. The molecule has 1 N–H and O–H groups in total. The van der Waals surface area contributed by atoms with E-state index in [0.717, 1.165) is 4.90 Å². The minimum atomic E-state index is -1.04. The molecule has 4 heteroatoms. The van der Waals surface area contributed by atoms with Crippen molar-refractivity contribution in [2.75, 3.05) is 6.54 Å². The highest BCUT2D eigenvalue weighted by atomic mass is 16.4. The van der Waals surface area contributed by atoms with Gasteiger partial charge in [0.25, 0.3) is 5.91 Å². The van der Waals surface area contributed by atoms with Crippen LogP contribution in [0.3, 0.4) is 0 Å². The largest absolute Gasteiger partial charge is 0.480 e. The lowest BCUT2D eigenvalue weighted by molar-refractivity contribution is -0.141. The lowest BCUT2D eigenvalue weighted by Crippen LogP contribution is -2.29. The predicted molar refractivity (Wildman–Crippen MR) is 49.0 cm³/mol. The Morgan fingerprint density at radius 3 is 2.38 bits per heavy atom. The number of nitrogens with zero attached hydrogens (tertiary/aromatic N) is 1. The molecule has 0 bridgehead atoms. The normalized spacial score (nSPS) is 14.2. The van der Waals surface area contributed by atoms with Gasteiger partial charge in [-0.15, -0.1) is 0 Å². The van der Waals surface area contributed by atoms with E-state index in [1.165, 1.54) is 12.2 Å². The molecule has 1 heterocycles. The van der Waals surface area contributed by atoms with Gasteiger partial charge in [0.05, 0.1) is 0 Å². The van der Waals surface area contributed by atoms with Crippen LogP contribution < -0.4 is 0 Å². The maximum absolute atomic E-state index is 10.8. The van der Waals surface area contributed by atoms with E-state index in [1.54, 1.807) is 0 Å². The maximum Gasteiger partial charge on any atom is 0.323 e. The number of carbonyl (C=O) groups excluding carboxylic acids is 1. The number of carboxylic acid groups (broad SMARTS) is 1. The van der Waals surface area contributed by atoms with E-state index in [1.807, 2.05) is 13.8 Å². The van der Waals surface area contributed by atoms with Crippen LogP contribution in [0, 0.1) is 0 Å². The van der Waals surface area contributed by atoms with Gasteiger partial charge in [-0.25, -0.2) is 0 Å². The first kappa shape index (κ1) is 11.4. The van der Waals surface area contributed by atoms with Crippen LogP contribution in [0.5, 0.6) is 0 Å². The van der Waals surface area contributed by atoms with Gasteiger partial charge in [-0.05, 0) is 6.08 Å². The van der Waals surface area contributed by atoms with Gasteiger partial charge >= 0.3 is 5.97 Å². The number of aliphatic carboxylic acids is 1. The molecule has 0 aliphatic carbocycles. The number of carboxylic acids is 1. The average Bonchev–Trinajstić information content (AvgIpc) is 2.39. The Morgan fingerprint density at radius 1 is 1.54 bits per heavy atom. The first-order valence-electron chi connectivity index (χ1n) is 4.01. The van der Waals surface area contributed by atoms with Crippen LogP contribution in [0.2, 0.25) is 0 Å². The van der Waals surface area contributed by atoms with Crippen molar-refractivity contribution in [3.05, 3.63) is 24.4 Å². The van der Waals surface area contributed by atoms with Crippen LogP contribution in [-0.2, 0) is 9.59 Å².